The van der Waals surface area contributed by atoms with E-state index in [-0.39, 0.29) is 44.8 Å². The number of hydrogen-bond acceptors (Lipinski definition) is 7. The molecule has 13 heteroatoms. The number of carbonyl (C=O) groups excluding carboxylic acids is 2. The molecule has 3 N–H and O–H groups in total. The number of rotatable bonds is 8. The lowest BCUT2D eigenvalue weighted by atomic mass is 9.60. The van der Waals surface area contributed by atoms with E-state index in [0.29, 0.717) is 44.9 Å². The second-order valence-corrected chi connectivity index (χ2v) is 11.6. The molecule has 0 aromatic carbocycles. The number of fused-ring (bicyclic) bond motifs is 4. The van der Waals surface area contributed by atoms with Crippen LogP contribution in [0.3, 0.4) is 0 Å². The third kappa shape index (κ3) is 6.11. The third-order valence-electron chi connectivity index (χ3n) is 8.92. The number of aliphatic hydroxyl groups excluding tert-OH is 1. The summed E-state index contributed by atoms with van der Waals surface area (Å²) in [6.45, 7) is -0.528. The number of carbonyl (C=O) groups is 2. The SMILES string of the molecule is O=C(COC1CCC(F)C(F)C1)NC12CCC(NC(=O)COC3CCC4OC(F)(F)OC4C3)(CC1)C(O)C2. The number of halogens is 4. The quantitative estimate of drug-likeness (QED) is 0.396. The average molecular weight is 553 g/mol. The molecule has 7 unspecified atom stereocenters. The van der Waals surface area contributed by atoms with E-state index in [4.69, 9.17) is 9.47 Å². The molecule has 6 rings (SSSR count). The lowest BCUT2D eigenvalue weighted by molar-refractivity contribution is -0.351. The Morgan fingerprint density at radius 1 is 0.816 bits per heavy atom. The van der Waals surface area contributed by atoms with Gasteiger partial charge >= 0.3 is 6.29 Å². The van der Waals surface area contributed by atoms with Crippen molar-refractivity contribution in [3.05, 3.63) is 0 Å². The van der Waals surface area contributed by atoms with Crippen molar-refractivity contribution >= 4 is 11.8 Å². The van der Waals surface area contributed by atoms with Gasteiger partial charge in [-0.3, -0.25) is 19.1 Å². The highest BCUT2D eigenvalue weighted by atomic mass is 19.3. The molecule has 1 aliphatic heterocycles. The van der Waals surface area contributed by atoms with Crippen LogP contribution in [0.4, 0.5) is 17.6 Å². The van der Waals surface area contributed by atoms with Crippen LogP contribution in [0.1, 0.15) is 70.6 Å². The Labute approximate surface area is 218 Å². The fraction of sp³-hybridized carbons (Fsp3) is 0.920. The Balaban J connectivity index is 1.04. The number of ether oxygens (including phenoxy) is 4. The van der Waals surface area contributed by atoms with E-state index in [0.717, 1.165) is 0 Å². The van der Waals surface area contributed by atoms with Gasteiger partial charge in [0.15, 0.2) is 0 Å². The van der Waals surface area contributed by atoms with Crippen molar-refractivity contribution in [1.29, 1.82) is 0 Å². The molecule has 5 saturated carbocycles. The van der Waals surface area contributed by atoms with Gasteiger partial charge in [0.2, 0.25) is 11.8 Å². The molecule has 1 heterocycles. The molecule has 6 aliphatic rings. The molecular formula is C25H36F4N2O7. The molecule has 1 saturated heterocycles. The topological polar surface area (TPSA) is 115 Å². The molecule has 2 bridgehead atoms. The lowest BCUT2D eigenvalue weighted by Gasteiger charge is -2.56. The van der Waals surface area contributed by atoms with Crippen LogP contribution in [0.5, 0.6) is 0 Å². The molecule has 5 aliphatic carbocycles. The highest BCUT2D eigenvalue weighted by Crippen LogP contribution is 2.47. The second-order valence-electron chi connectivity index (χ2n) is 11.6. The van der Waals surface area contributed by atoms with Crippen molar-refractivity contribution in [1.82, 2.24) is 10.6 Å². The van der Waals surface area contributed by atoms with Gasteiger partial charge in [-0.15, -0.1) is 8.78 Å². The maximum atomic E-state index is 13.6. The van der Waals surface area contributed by atoms with Gasteiger partial charge in [0.25, 0.3) is 0 Å². The third-order valence-corrected chi connectivity index (χ3v) is 8.92. The summed E-state index contributed by atoms with van der Waals surface area (Å²) >= 11 is 0. The van der Waals surface area contributed by atoms with Crippen molar-refractivity contribution in [2.75, 3.05) is 13.2 Å². The van der Waals surface area contributed by atoms with Gasteiger partial charge in [-0.2, -0.15) is 0 Å². The Hall–Kier alpha value is -1.54. The van der Waals surface area contributed by atoms with Crippen LogP contribution >= 0.6 is 0 Å². The van der Waals surface area contributed by atoms with Gasteiger partial charge in [0.05, 0.1) is 36.1 Å². The standard InChI is InChI=1S/C25H36F4N2O7/c26-16-3-1-14(9-17(16)27)35-12-21(33)30-23-5-7-24(8-6-23,20(32)11-23)31-22(34)13-36-15-2-4-18-19(10-15)38-25(28,29)37-18/h14-20,32H,1-13H2,(H,30,33)(H,31,34). The molecule has 2 amide bonds. The number of alkyl halides is 4. The summed E-state index contributed by atoms with van der Waals surface area (Å²) in [4.78, 5) is 25.2. The van der Waals surface area contributed by atoms with Crippen LogP contribution in [0.25, 0.3) is 0 Å². The smallest absolute Gasteiger partial charge is 0.391 e. The van der Waals surface area contributed by atoms with Crippen LogP contribution in [-0.4, -0.2) is 90.4 Å². The van der Waals surface area contributed by atoms with Gasteiger partial charge in [0, 0.05) is 18.4 Å². The Kier molecular flexibility index (Phi) is 7.95. The van der Waals surface area contributed by atoms with Gasteiger partial charge < -0.3 is 25.2 Å². The first kappa shape index (κ1) is 28.0. The zero-order valence-corrected chi connectivity index (χ0v) is 21.1. The fourth-order valence-corrected chi connectivity index (χ4v) is 6.74. The molecule has 9 nitrogen and oxygen atoms in total. The van der Waals surface area contributed by atoms with Crippen molar-refractivity contribution in [2.24, 2.45) is 0 Å². The summed E-state index contributed by atoms with van der Waals surface area (Å²) in [6, 6.07) is 0. The van der Waals surface area contributed by atoms with Crippen molar-refractivity contribution in [2.45, 2.75) is 131 Å². The first-order chi connectivity index (χ1) is 18.0. The molecule has 0 radical (unpaired) electrons. The molecule has 0 aromatic heterocycles. The maximum absolute atomic E-state index is 13.6. The monoisotopic (exact) mass is 552 g/mol. The highest BCUT2D eigenvalue weighted by Gasteiger charge is 2.55. The second kappa shape index (κ2) is 10.8. The Morgan fingerprint density at radius 3 is 2.08 bits per heavy atom. The average Bonchev–Trinajstić information content (AvgIpc) is 3.17. The van der Waals surface area contributed by atoms with Crippen LogP contribution in [-0.2, 0) is 28.5 Å². The summed E-state index contributed by atoms with van der Waals surface area (Å²) in [6.07, 6.45) is -6.21. The normalized spacial score (nSPS) is 43.9. The minimum absolute atomic E-state index is 0.0653. The van der Waals surface area contributed by atoms with Crippen LogP contribution in [0, 0.1) is 0 Å². The molecule has 38 heavy (non-hydrogen) atoms. The molecule has 0 aromatic rings. The first-order valence-corrected chi connectivity index (χ1v) is 13.5. The number of aliphatic hydroxyl groups is 1. The summed E-state index contributed by atoms with van der Waals surface area (Å²) in [5, 5.41) is 16.8. The zero-order chi connectivity index (χ0) is 27.1. The first-order valence-electron chi connectivity index (χ1n) is 13.5. The highest BCUT2D eigenvalue weighted by molar-refractivity contribution is 5.79. The molecule has 7 atom stereocenters. The van der Waals surface area contributed by atoms with Crippen molar-refractivity contribution in [3.8, 4) is 0 Å². The van der Waals surface area contributed by atoms with E-state index < -0.39 is 66.1 Å². The van der Waals surface area contributed by atoms with Gasteiger partial charge in [-0.25, -0.2) is 8.78 Å². The number of hydrogen-bond donors (Lipinski definition) is 3. The van der Waals surface area contributed by atoms with Crippen LogP contribution in [0.15, 0.2) is 0 Å². The molecule has 216 valence electrons. The van der Waals surface area contributed by atoms with Gasteiger partial charge in [-0.05, 0) is 57.8 Å². The van der Waals surface area contributed by atoms with E-state index in [2.05, 4.69) is 20.1 Å². The largest absolute Gasteiger partial charge is 0.486 e. The number of nitrogens with one attached hydrogen (secondary N) is 2. The van der Waals surface area contributed by atoms with E-state index in [1.165, 1.54) is 0 Å². The summed E-state index contributed by atoms with van der Waals surface area (Å²) in [7, 11) is 0. The van der Waals surface area contributed by atoms with E-state index in [9.17, 15) is 32.3 Å². The predicted octanol–water partition coefficient (Wildman–Crippen LogP) is 2.18. The van der Waals surface area contributed by atoms with E-state index in [1.54, 1.807) is 0 Å². The zero-order valence-electron chi connectivity index (χ0n) is 21.1. The summed E-state index contributed by atoms with van der Waals surface area (Å²) in [5.74, 6) is -0.771. The summed E-state index contributed by atoms with van der Waals surface area (Å²) < 4.78 is 73.8. The van der Waals surface area contributed by atoms with Crippen molar-refractivity contribution < 1.29 is 51.2 Å². The van der Waals surface area contributed by atoms with Crippen LogP contribution in [0.2, 0.25) is 0 Å². The molecule has 0 spiro atoms. The minimum Gasteiger partial charge on any atom is -0.391 e. The van der Waals surface area contributed by atoms with Crippen molar-refractivity contribution in [3.63, 3.8) is 0 Å². The lowest BCUT2D eigenvalue weighted by Crippen LogP contribution is -2.70. The minimum atomic E-state index is -3.59. The van der Waals surface area contributed by atoms with E-state index >= 15 is 0 Å². The fourth-order valence-electron chi connectivity index (χ4n) is 6.74. The van der Waals surface area contributed by atoms with Gasteiger partial charge in [-0.1, -0.05) is 0 Å². The van der Waals surface area contributed by atoms with Gasteiger partial charge in [0.1, 0.15) is 25.6 Å². The van der Waals surface area contributed by atoms with Crippen LogP contribution < -0.4 is 10.6 Å². The Morgan fingerprint density at radius 2 is 1.42 bits per heavy atom. The Bertz CT molecular complexity index is 888. The van der Waals surface area contributed by atoms with E-state index in [1.807, 2.05) is 0 Å². The number of amides is 2. The molecule has 6 fully saturated rings. The summed E-state index contributed by atoms with van der Waals surface area (Å²) in [5.41, 5.74) is -1.45. The molecular weight excluding hydrogens is 516 g/mol. The maximum Gasteiger partial charge on any atom is 0.486 e. The predicted molar refractivity (Wildman–Crippen MR) is 123 cm³/mol.